The van der Waals surface area contributed by atoms with Crippen LogP contribution in [0.2, 0.25) is 10.0 Å². The van der Waals surface area contributed by atoms with Gasteiger partial charge in [0.25, 0.3) is 0 Å². The van der Waals surface area contributed by atoms with Crippen LogP contribution in [0.1, 0.15) is 21.5 Å². The van der Waals surface area contributed by atoms with Gasteiger partial charge in [0.05, 0.1) is 12.7 Å². The van der Waals surface area contributed by atoms with Crippen molar-refractivity contribution in [2.24, 2.45) is 0 Å². The number of benzene rings is 2. The lowest BCUT2D eigenvalue weighted by Gasteiger charge is -2.09. The largest absolute Gasteiger partial charge is 0.496 e. The first-order valence-electron chi connectivity index (χ1n) is 6.13. The number of halogens is 2. The lowest BCUT2D eigenvalue weighted by molar-refractivity contribution is 0.0990. The minimum absolute atomic E-state index is 0.0500. The van der Waals surface area contributed by atoms with E-state index in [0.29, 0.717) is 26.9 Å². The van der Waals surface area contributed by atoms with Crippen LogP contribution in [0.4, 0.5) is 0 Å². The highest BCUT2D eigenvalue weighted by atomic mass is 35.5. The lowest BCUT2D eigenvalue weighted by Crippen LogP contribution is -2.06. The molecule has 0 saturated carbocycles. The minimum atomic E-state index is -0.0500. The third-order valence-corrected chi connectivity index (χ3v) is 3.62. The first kappa shape index (κ1) is 14.9. The molecule has 0 spiro atoms. The van der Waals surface area contributed by atoms with Crippen LogP contribution < -0.4 is 4.74 Å². The Kier molecular flexibility index (Phi) is 4.69. The summed E-state index contributed by atoms with van der Waals surface area (Å²) in [5, 5.41) is 1.10. The summed E-state index contributed by atoms with van der Waals surface area (Å²) in [5.74, 6) is 0.527. The average molecular weight is 309 g/mol. The summed E-state index contributed by atoms with van der Waals surface area (Å²) in [6.45, 7) is 1.95. The van der Waals surface area contributed by atoms with Crippen molar-refractivity contribution in [3.05, 3.63) is 63.1 Å². The van der Waals surface area contributed by atoms with Gasteiger partial charge in [-0.3, -0.25) is 4.79 Å². The summed E-state index contributed by atoms with van der Waals surface area (Å²) in [7, 11) is 1.55. The molecule has 2 aromatic rings. The van der Waals surface area contributed by atoms with Crippen molar-refractivity contribution in [2.75, 3.05) is 7.11 Å². The molecule has 0 amide bonds. The van der Waals surface area contributed by atoms with Gasteiger partial charge < -0.3 is 4.74 Å². The Hall–Kier alpha value is -1.51. The van der Waals surface area contributed by atoms with Crippen molar-refractivity contribution in [1.29, 1.82) is 0 Å². The van der Waals surface area contributed by atoms with E-state index < -0.39 is 0 Å². The number of hydrogen-bond acceptors (Lipinski definition) is 2. The number of Topliss-reactive ketones (excluding diaryl/α,β-unsaturated/α-hetero) is 1. The maximum absolute atomic E-state index is 12.4. The molecule has 0 unspecified atom stereocenters. The number of rotatable bonds is 4. The summed E-state index contributed by atoms with van der Waals surface area (Å²) < 4.78 is 5.26. The van der Waals surface area contributed by atoms with Gasteiger partial charge in [0.1, 0.15) is 5.75 Å². The summed E-state index contributed by atoms with van der Waals surface area (Å²) in [6.07, 6.45) is 0.193. The lowest BCUT2D eigenvalue weighted by atomic mass is 10.0. The first-order chi connectivity index (χ1) is 9.51. The molecule has 0 radical (unpaired) electrons. The van der Waals surface area contributed by atoms with Gasteiger partial charge in [-0.2, -0.15) is 0 Å². The van der Waals surface area contributed by atoms with Crippen LogP contribution in [0, 0.1) is 6.92 Å². The fourth-order valence-corrected chi connectivity index (χ4v) is 2.35. The maximum Gasteiger partial charge on any atom is 0.171 e. The normalized spacial score (nSPS) is 10.4. The molecule has 104 valence electrons. The smallest absolute Gasteiger partial charge is 0.171 e. The van der Waals surface area contributed by atoms with Crippen molar-refractivity contribution in [3.8, 4) is 5.75 Å². The number of ether oxygens (including phenoxy) is 1. The molecular formula is C16H14Cl2O2. The van der Waals surface area contributed by atoms with E-state index in [1.54, 1.807) is 31.4 Å². The summed E-state index contributed by atoms with van der Waals surface area (Å²) >= 11 is 12.0. The number of carbonyl (C=O) groups excluding carboxylic acids is 1. The van der Waals surface area contributed by atoms with Crippen molar-refractivity contribution in [1.82, 2.24) is 0 Å². The van der Waals surface area contributed by atoms with Gasteiger partial charge in [0.15, 0.2) is 5.78 Å². The topological polar surface area (TPSA) is 26.3 Å². The highest BCUT2D eigenvalue weighted by Crippen LogP contribution is 2.25. The van der Waals surface area contributed by atoms with E-state index in [2.05, 4.69) is 0 Å². The summed E-state index contributed by atoms with van der Waals surface area (Å²) in [4.78, 5) is 12.4. The van der Waals surface area contributed by atoms with Gasteiger partial charge in [0, 0.05) is 16.5 Å². The second kappa shape index (κ2) is 6.29. The Morgan fingerprint density at radius 1 is 1.15 bits per heavy atom. The second-order valence-corrected chi connectivity index (χ2v) is 5.38. The van der Waals surface area contributed by atoms with Crippen LogP contribution in [0.3, 0.4) is 0 Å². The zero-order chi connectivity index (χ0) is 14.7. The third-order valence-electron chi connectivity index (χ3n) is 3.02. The monoisotopic (exact) mass is 308 g/mol. The molecule has 0 atom stereocenters. The Balaban J connectivity index is 2.30. The van der Waals surface area contributed by atoms with Gasteiger partial charge in [-0.25, -0.2) is 0 Å². The molecule has 20 heavy (non-hydrogen) atoms. The predicted molar refractivity (Wildman–Crippen MR) is 82.2 cm³/mol. The molecule has 2 rings (SSSR count). The fourth-order valence-electron chi connectivity index (χ4n) is 1.98. The number of aryl methyl sites for hydroxylation is 1. The maximum atomic E-state index is 12.4. The highest BCUT2D eigenvalue weighted by Gasteiger charge is 2.14. The standard InChI is InChI=1S/C16H14Cl2O2/c1-10-3-5-13(16(7-10)20-2)15(19)9-11-8-12(17)4-6-14(11)18/h3-8H,9H2,1-2H3. The van der Waals surface area contributed by atoms with Crippen molar-refractivity contribution >= 4 is 29.0 Å². The molecule has 0 fully saturated rings. The molecule has 0 aliphatic carbocycles. The molecule has 4 heteroatoms. The molecular weight excluding hydrogens is 295 g/mol. The number of carbonyl (C=O) groups is 1. The molecule has 2 nitrogen and oxygen atoms in total. The van der Waals surface area contributed by atoms with E-state index in [4.69, 9.17) is 27.9 Å². The van der Waals surface area contributed by atoms with E-state index >= 15 is 0 Å². The quantitative estimate of drug-likeness (QED) is 0.763. The molecule has 2 aromatic carbocycles. The molecule has 0 heterocycles. The Labute approximate surface area is 128 Å². The summed E-state index contributed by atoms with van der Waals surface area (Å²) in [6, 6.07) is 10.6. The predicted octanol–water partition coefficient (Wildman–Crippen LogP) is 4.74. The van der Waals surface area contributed by atoms with E-state index in [-0.39, 0.29) is 12.2 Å². The molecule has 0 bridgehead atoms. The van der Waals surface area contributed by atoms with Gasteiger partial charge in [0.2, 0.25) is 0 Å². The Morgan fingerprint density at radius 3 is 2.60 bits per heavy atom. The van der Waals surface area contributed by atoms with Crippen molar-refractivity contribution in [3.63, 3.8) is 0 Å². The van der Waals surface area contributed by atoms with Crippen LogP contribution in [-0.2, 0) is 6.42 Å². The first-order valence-corrected chi connectivity index (χ1v) is 6.88. The highest BCUT2D eigenvalue weighted by molar-refractivity contribution is 6.33. The van der Waals surface area contributed by atoms with Crippen LogP contribution >= 0.6 is 23.2 Å². The molecule has 0 aromatic heterocycles. The average Bonchev–Trinajstić information content (AvgIpc) is 2.42. The zero-order valence-corrected chi connectivity index (χ0v) is 12.8. The fraction of sp³-hybridized carbons (Fsp3) is 0.188. The van der Waals surface area contributed by atoms with Crippen molar-refractivity contribution in [2.45, 2.75) is 13.3 Å². The molecule has 0 aliphatic rings. The van der Waals surface area contributed by atoms with E-state index in [1.807, 2.05) is 19.1 Å². The van der Waals surface area contributed by atoms with Gasteiger partial charge in [-0.15, -0.1) is 0 Å². The Morgan fingerprint density at radius 2 is 1.90 bits per heavy atom. The zero-order valence-electron chi connectivity index (χ0n) is 11.2. The van der Waals surface area contributed by atoms with E-state index in [0.717, 1.165) is 5.56 Å². The summed E-state index contributed by atoms with van der Waals surface area (Å²) in [5.41, 5.74) is 2.31. The van der Waals surface area contributed by atoms with Crippen LogP contribution in [0.25, 0.3) is 0 Å². The van der Waals surface area contributed by atoms with Crippen LogP contribution in [-0.4, -0.2) is 12.9 Å². The Bertz CT molecular complexity index is 651. The molecule has 0 saturated heterocycles. The van der Waals surface area contributed by atoms with Gasteiger partial charge in [-0.1, -0.05) is 29.3 Å². The van der Waals surface area contributed by atoms with Crippen molar-refractivity contribution < 1.29 is 9.53 Å². The second-order valence-electron chi connectivity index (χ2n) is 4.54. The molecule has 0 aliphatic heterocycles. The van der Waals surface area contributed by atoms with E-state index in [1.165, 1.54) is 0 Å². The molecule has 0 N–H and O–H groups in total. The number of methoxy groups -OCH3 is 1. The number of ketones is 1. The number of hydrogen-bond donors (Lipinski definition) is 0. The van der Waals surface area contributed by atoms with Gasteiger partial charge in [-0.05, 0) is 48.4 Å². The minimum Gasteiger partial charge on any atom is -0.496 e. The van der Waals surface area contributed by atoms with Crippen LogP contribution in [0.15, 0.2) is 36.4 Å². The SMILES string of the molecule is COc1cc(C)ccc1C(=O)Cc1cc(Cl)ccc1Cl. The van der Waals surface area contributed by atoms with Crippen LogP contribution in [0.5, 0.6) is 5.75 Å². The third kappa shape index (κ3) is 3.33. The van der Waals surface area contributed by atoms with Gasteiger partial charge >= 0.3 is 0 Å². The van der Waals surface area contributed by atoms with E-state index in [9.17, 15) is 4.79 Å².